The van der Waals surface area contributed by atoms with Crippen LogP contribution in [0.2, 0.25) is 0 Å². The molecule has 1 aromatic carbocycles. The van der Waals surface area contributed by atoms with Gasteiger partial charge in [0.05, 0.1) is 19.0 Å². The zero-order valence-corrected chi connectivity index (χ0v) is 13.6. The number of rotatable bonds is 8. The van der Waals surface area contributed by atoms with Gasteiger partial charge in [0.1, 0.15) is 5.75 Å². The van der Waals surface area contributed by atoms with Crippen LogP contribution in [-0.4, -0.2) is 30.9 Å². The van der Waals surface area contributed by atoms with Gasteiger partial charge in [0.2, 0.25) is 0 Å². The number of unbranched alkanes of at least 4 members (excludes halogenated alkanes) is 1. The zero-order chi connectivity index (χ0) is 16.1. The molecule has 0 heterocycles. The molecule has 0 aliphatic carbocycles. The van der Waals surface area contributed by atoms with Gasteiger partial charge in [0.25, 0.3) is 10.1 Å². The lowest BCUT2D eigenvalue weighted by Gasteiger charge is -2.31. The molecule has 0 fully saturated rings. The van der Waals surface area contributed by atoms with Crippen molar-refractivity contribution in [2.45, 2.75) is 39.2 Å². The maximum Gasteiger partial charge on any atom is 0.264 e. The molecule has 0 saturated carbocycles. The second-order valence-electron chi connectivity index (χ2n) is 5.88. The van der Waals surface area contributed by atoms with Crippen LogP contribution in [0.3, 0.4) is 0 Å². The van der Waals surface area contributed by atoms with Crippen molar-refractivity contribution in [2.24, 2.45) is 5.41 Å². The van der Waals surface area contributed by atoms with Crippen LogP contribution in [0.1, 0.15) is 44.8 Å². The first-order valence-corrected chi connectivity index (χ1v) is 8.54. The van der Waals surface area contributed by atoms with E-state index in [-0.39, 0.29) is 5.75 Å². The predicted octanol–water partition coefficient (Wildman–Crippen LogP) is 2.81. The molecule has 1 rings (SSSR count). The maximum absolute atomic E-state index is 10.7. The minimum absolute atomic E-state index is 0.242. The summed E-state index contributed by atoms with van der Waals surface area (Å²) in [4.78, 5) is 0. The Balaban J connectivity index is 2.68. The van der Waals surface area contributed by atoms with Crippen molar-refractivity contribution in [3.8, 4) is 5.75 Å². The Morgan fingerprint density at radius 1 is 1.24 bits per heavy atom. The first kappa shape index (κ1) is 17.9. The van der Waals surface area contributed by atoms with E-state index in [0.29, 0.717) is 25.0 Å². The lowest BCUT2D eigenvalue weighted by atomic mass is 9.78. The number of hydrogen-bond donors (Lipinski definition) is 2. The van der Waals surface area contributed by atoms with Gasteiger partial charge >= 0.3 is 0 Å². The van der Waals surface area contributed by atoms with Gasteiger partial charge in [-0.1, -0.05) is 38.5 Å². The molecule has 2 N–H and O–H groups in total. The van der Waals surface area contributed by atoms with Crippen molar-refractivity contribution in [3.05, 3.63) is 29.8 Å². The number of methoxy groups -OCH3 is 1. The smallest absolute Gasteiger partial charge is 0.264 e. The highest BCUT2D eigenvalue weighted by atomic mass is 32.2. The van der Waals surface area contributed by atoms with Crippen molar-refractivity contribution < 1.29 is 22.8 Å². The van der Waals surface area contributed by atoms with Crippen LogP contribution in [0.15, 0.2) is 24.3 Å². The Bertz CT molecular complexity index is 551. The molecule has 1 aromatic rings. The molecule has 0 aliphatic rings. The number of aliphatic hydroxyl groups excluding tert-OH is 1. The number of ether oxygens (including phenoxy) is 1. The molecule has 0 aromatic heterocycles. The molecule has 1 atom stereocenters. The summed E-state index contributed by atoms with van der Waals surface area (Å²) in [5.41, 5.74) is 0.299. The molecule has 0 amide bonds. The highest BCUT2D eigenvalue weighted by molar-refractivity contribution is 7.85. The van der Waals surface area contributed by atoms with Crippen LogP contribution in [0, 0.1) is 5.41 Å². The van der Waals surface area contributed by atoms with Crippen molar-refractivity contribution in [1.29, 1.82) is 0 Å². The zero-order valence-electron chi connectivity index (χ0n) is 12.7. The van der Waals surface area contributed by atoms with E-state index >= 15 is 0 Å². The van der Waals surface area contributed by atoms with Crippen LogP contribution in [-0.2, 0) is 10.1 Å². The Morgan fingerprint density at radius 3 is 2.43 bits per heavy atom. The Kier molecular flexibility index (Phi) is 6.19. The number of hydrogen-bond acceptors (Lipinski definition) is 4. The number of benzene rings is 1. The summed E-state index contributed by atoms with van der Waals surface area (Å²) >= 11 is 0. The third kappa shape index (κ3) is 5.65. The van der Waals surface area contributed by atoms with Gasteiger partial charge < -0.3 is 9.84 Å². The minimum Gasteiger partial charge on any atom is -0.496 e. The standard InChI is InChI=1S/C15H24O5S/c1-15(2,10-6-7-11-21(17,18)19)14(16)12-8-4-5-9-13(12)20-3/h4-5,8-9,14,16H,6-7,10-11H2,1-3H3,(H,17,18,19). The average Bonchev–Trinajstić information content (AvgIpc) is 2.41. The fourth-order valence-corrected chi connectivity index (χ4v) is 2.88. The van der Waals surface area contributed by atoms with E-state index in [0.717, 1.165) is 5.56 Å². The molecule has 0 aliphatic heterocycles. The van der Waals surface area contributed by atoms with Gasteiger partial charge in [-0.15, -0.1) is 0 Å². The molecule has 0 bridgehead atoms. The lowest BCUT2D eigenvalue weighted by Crippen LogP contribution is -2.23. The quantitative estimate of drug-likeness (QED) is 0.569. The third-order valence-electron chi connectivity index (χ3n) is 3.65. The summed E-state index contributed by atoms with van der Waals surface area (Å²) in [6.45, 7) is 3.86. The van der Waals surface area contributed by atoms with E-state index in [9.17, 15) is 13.5 Å². The molecule has 5 nitrogen and oxygen atoms in total. The topological polar surface area (TPSA) is 83.8 Å². The highest BCUT2D eigenvalue weighted by Crippen LogP contribution is 2.40. The number of aliphatic hydroxyl groups is 1. The summed E-state index contributed by atoms with van der Waals surface area (Å²) in [7, 11) is -2.35. The van der Waals surface area contributed by atoms with Crippen LogP contribution >= 0.6 is 0 Å². The summed E-state index contributed by atoms with van der Waals surface area (Å²) in [5.74, 6) is 0.393. The summed E-state index contributed by atoms with van der Waals surface area (Å²) < 4.78 is 35.3. The molecule has 120 valence electrons. The fourth-order valence-electron chi connectivity index (χ4n) is 2.32. The second kappa shape index (κ2) is 7.24. The van der Waals surface area contributed by atoms with Gasteiger partial charge in [-0.2, -0.15) is 8.42 Å². The predicted molar refractivity (Wildman–Crippen MR) is 82.0 cm³/mol. The molecule has 1 unspecified atom stereocenters. The fraction of sp³-hybridized carbons (Fsp3) is 0.600. The molecule has 6 heteroatoms. The van der Waals surface area contributed by atoms with E-state index in [2.05, 4.69) is 0 Å². The SMILES string of the molecule is COc1ccccc1C(O)C(C)(C)CCCCS(=O)(=O)O. The molecule has 0 radical (unpaired) electrons. The molecular formula is C15H24O5S. The normalized spacial score (nSPS) is 14.0. The van der Waals surface area contributed by atoms with E-state index in [1.54, 1.807) is 13.2 Å². The first-order valence-electron chi connectivity index (χ1n) is 6.93. The number of para-hydroxylation sites is 1. The van der Waals surface area contributed by atoms with E-state index in [1.165, 1.54) is 0 Å². The summed E-state index contributed by atoms with van der Waals surface area (Å²) in [6, 6.07) is 7.31. The second-order valence-corrected chi connectivity index (χ2v) is 7.45. The third-order valence-corrected chi connectivity index (χ3v) is 4.45. The molecule has 0 spiro atoms. The highest BCUT2D eigenvalue weighted by Gasteiger charge is 2.30. The van der Waals surface area contributed by atoms with E-state index in [1.807, 2.05) is 32.0 Å². The van der Waals surface area contributed by atoms with E-state index < -0.39 is 21.6 Å². The van der Waals surface area contributed by atoms with Crippen molar-refractivity contribution in [3.63, 3.8) is 0 Å². The lowest BCUT2D eigenvalue weighted by molar-refractivity contribution is 0.0395. The largest absolute Gasteiger partial charge is 0.496 e. The minimum atomic E-state index is -3.91. The van der Waals surface area contributed by atoms with Crippen molar-refractivity contribution >= 4 is 10.1 Å². The summed E-state index contributed by atoms with van der Waals surface area (Å²) in [5, 5.41) is 10.6. The van der Waals surface area contributed by atoms with Gasteiger partial charge in [-0.3, -0.25) is 4.55 Å². The van der Waals surface area contributed by atoms with Gasteiger partial charge in [0.15, 0.2) is 0 Å². The molecule has 0 saturated heterocycles. The van der Waals surface area contributed by atoms with Crippen LogP contribution in [0.5, 0.6) is 5.75 Å². The van der Waals surface area contributed by atoms with Crippen LogP contribution < -0.4 is 4.74 Å². The average molecular weight is 316 g/mol. The molecular weight excluding hydrogens is 292 g/mol. The Hall–Kier alpha value is -1.11. The van der Waals surface area contributed by atoms with Gasteiger partial charge in [0, 0.05) is 5.56 Å². The monoisotopic (exact) mass is 316 g/mol. The van der Waals surface area contributed by atoms with Gasteiger partial charge in [-0.05, 0) is 24.3 Å². The van der Waals surface area contributed by atoms with Crippen molar-refractivity contribution in [1.82, 2.24) is 0 Å². The maximum atomic E-state index is 10.7. The summed E-state index contributed by atoms with van der Waals surface area (Å²) in [6.07, 6.45) is 0.918. The van der Waals surface area contributed by atoms with Crippen LogP contribution in [0.25, 0.3) is 0 Å². The van der Waals surface area contributed by atoms with Crippen LogP contribution in [0.4, 0.5) is 0 Å². The molecule has 21 heavy (non-hydrogen) atoms. The Labute approximate surface area is 126 Å². The van der Waals surface area contributed by atoms with Gasteiger partial charge in [-0.25, -0.2) is 0 Å². The first-order chi connectivity index (χ1) is 9.67. The van der Waals surface area contributed by atoms with E-state index in [4.69, 9.17) is 9.29 Å². The van der Waals surface area contributed by atoms with Crippen molar-refractivity contribution in [2.75, 3.05) is 12.9 Å². The Morgan fingerprint density at radius 2 is 1.86 bits per heavy atom.